The highest BCUT2D eigenvalue weighted by atomic mass is 16.3. The number of barbiturate groups is 1. The van der Waals surface area contributed by atoms with E-state index in [4.69, 9.17) is 0 Å². The molecule has 2 aromatic heterocycles. The average molecular weight is 662 g/mol. The molecule has 0 saturated carbocycles. The molecule has 1 saturated heterocycles. The number of hydrogen-bond acceptors (Lipinski definition) is 9. The zero-order chi connectivity index (χ0) is 35.2. The quantitative estimate of drug-likeness (QED) is 0.107. The van der Waals surface area contributed by atoms with Crippen LogP contribution in [0.15, 0.2) is 106 Å². The fourth-order valence-electron chi connectivity index (χ4n) is 4.83. The van der Waals surface area contributed by atoms with Crippen LogP contribution in [0.4, 0.5) is 21.9 Å². The molecule has 3 heterocycles. The molecule has 0 bridgehead atoms. The van der Waals surface area contributed by atoms with Crippen molar-refractivity contribution >= 4 is 58.4 Å². The molecular weight excluding hydrogens is 634 g/mol. The molecular formula is C34H27N7O8. The molecule has 5 rings (SSSR count). The molecule has 246 valence electrons. The van der Waals surface area contributed by atoms with Crippen LogP contribution in [0.2, 0.25) is 0 Å². The Labute approximate surface area is 276 Å². The van der Waals surface area contributed by atoms with E-state index in [1.807, 2.05) is 0 Å². The molecule has 0 aliphatic carbocycles. The van der Waals surface area contributed by atoms with Gasteiger partial charge in [0.25, 0.3) is 17.4 Å². The van der Waals surface area contributed by atoms with Crippen LogP contribution in [0.3, 0.4) is 0 Å². The fourth-order valence-corrected chi connectivity index (χ4v) is 4.83. The second kappa shape index (κ2) is 14.1. The number of rotatable bonds is 8. The molecule has 4 aromatic rings. The standard InChI is InChI=1S/C34H27N7O8/c1-19(42)36-23-5-3-7-25(17-23)40-31(46)27(29(44)38-33(40)48)11-9-21(22-13-15-35-16-14-22)10-12-28-30(45)39-34(49)41(32(28)47)26-8-4-6-24(18-26)37-20(2)43/h3-18,46H,1-2H3,(H,36,42)(H,37,43)(H,38,44,48)(H,39,45,49). The second-order valence-electron chi connectivity index (χ2n) is 10.5. The highest BCUT2D eigenvalue weighted by Crippen LogP contribution is 2.26. The summed E-state index contributed by atoms with van der Waals surface area (Å²) in [6.07, 6.45) is 8.18. The van der Waals surface area contributed by atoms with Crippen LogP contribution in [-0.4, -0.2) is 49.3 Å². The van der Waals surface area contributed by atoms with E-state index in [-0.39, 0.29) is 28.8 Å². The Morgan fingerprint density at radius 2 is 1.47 bits per heavy atom. The van der Waals surface area contributed by atoms with Crippen LogP contribution in [-0.2, 0) is 19.2 Å². The second-order valence-corrected chi connectivity index (χ2v) is 10.5. The van der Waals surface area contributed by atoms with Gasteiger partial charge in [0.15, 0.2) is 0 Å². The molecule has 6 amide bonds. The van der Waals surface area contributed by atoms with E-state index in [9.17, 15) is 38.7 Å². The Kier molecular flexibility index (Phi) is 9.55. The molecule has 49 heavy (non-hydrogen) atoms. The molecule has 1 aliphatic rings. The Morgan fingerprint density at radius 3 is 2.10 bits per heavy atom. The Balaban J connectivity index is 1.55. The number of aromatic hydroxyl groups is 1. The first-order chi connectivity index (χ1) is 23.4. The van der Waals surface area contributed by atoms with Crippen molar-refractivity contribution < 1.29 is 29.1 Å². The van der Waals surface area contributed by atoms with E-state index in [1.165, 1.54) is 80.9 Å². The molecule has 0 radical (unpaired) electrons. The molecule has 15 heteroatoms. The predicted octanol–water partition coefficient (Wildman–Crippen LogP) is 2.85. The van der Waals surface area contributed by atoms with Crippen molar-refractivity contribution in [1.82, 2.24) is 19.9 Å². The minimum absolute atomic E-state index is 0.0952. The van der Waals surface area contributed by atoms with Crippen molar-refractivity contribution in [2.24, 2.45) is 0 Å². The number of nitrogens with zero attached hydrogens (tertiary/aromatic N) is 3. The first kappa shape index (κ1) is 33.2. The molecule has 1 aliphatic heterocycles. The van der Waals surface area contributed by atoms with E-state index in [1.54, 1.807) is 30.3 Å². The van der Waals surface area contributed by atoms with Crippen molar-refractivity contribution in [3.63, 3.8) is 0 Å². The van der Waals surface area contributed by atoms with Crippen molar-refractivity contribution in [2.75, 3.05) is 15.5 Å². The van der Waals surface area contributed by atoms with Crippen LogP contribution in [0.5, 0.6) is 5.88 Å². The summed E-state index contributed by atoms with van der Waals surface area (Å²) in [5.41, 5.74) is -0.782. The Hall–Kier alpha value is -7.16. The number of benzene rings is 2. The normalized spacial score (nSPS) is 14.2. The number of nitrogens with one attached hydrogen (secondary N) is 4. The summed E-state index contributed by atoms with van der Waals surface area (Å²) in [6, 6.07) is 14.2. The van der Waals surface area contributed by atoms with Gasteiger partial charge in [0.05, 0.1) is 11.4 Å². The SMILES string of the molecule is CC(=O)Nc1cccc(N2C(=O)NC(=O)C(=CC=C(C=Cc3c(O)n(-c4cccc(NC(C)=O)c4)c(=O)[nH]c3=O)c3ccncc3)C2=O)c1. The van der Waals surface area contributed by atoms with E-state index < -0.39 is 40.5 Å². The van der Waals surface area contributed by atoms with E-state index >= 15 is 0 Å². The number of pyridine rings is 1. The largest absolute Gasteiger partial charge is 0.494 e. The molecule has 1 fully saturated rings. The lowest BCUT2D eigenvalue weighted by atomic mass is 10.0. The summed E-state index contributed by atoms with van der Waals surface area (Å²) < 4.78 is 0.849. The molecule has 0 atom stereocenters. The van der Waals surface area contributed by atoms with Crippen molar-refractivity contribution in [3.05, 3.63) is 129 Å². The number of imide groups is 2. The smallest absolute Gasteiger partial charge is 0.335 e. The molecule has 2 aromatic carbocycles. The number of aromatic amines is 1. The summed E-state index contributed by atoms with van der Waals surface area (Å²) in [6.45, 7) is 2.61. The predicted molar refractivity (Wildman–Crippen MR) is 180 cm³/mol. The molecule has 0 unspecified atom stereocenters. The lowest BCUT2D eigenvalue weighted by Crippen LogP contribution is -2.54. The summed E-state index contributed by atoms with van der Waals surface area (Å²) in [5.74, 6) is -3.32. The maximum absolute atomic E-state index is 13.5. The minimum Gasteiger partial charge on any atom is -0.494 e. The molecule has 15 nitrogen and oxygen atoms in total. The fraction of sp³-hybridized carbons (Fsp3) is 0.0588. The van der Waals surface area contributed by atoms with Gasteiger partial charge in [-0.2, -0.15) is 0 Å². The lowest BCUT2D eigenvalue weighted by Gasteiger charge is -2.26. The third-order valence-corrected chi connectivity index (χ3v) is 6.94. The number of carbonyl (C=O) groups is 5. The van der Waals surface area contributed by atoms with Gasteiger partial charge in [-0.15, -0.1) is 0 Å². The van der Waals surface area contributed by atoms with Crippen molar-refractivity contribution in [3.8, 4) is 11.6 Å². The number of anilines is 3. The van der Waals surface area contributed by atoms with Crippen LogP contribution >= 0.6 is 0 Å². The number of urea groups is 1. The van der Waals surface area contributed by atoms with E-state index in [0.717, 1.165) is 9.47 Å². The third kappa shape index (κ3) is 7.47. The number of hydrogen-bond donors (Lipinski definition) is 5. The van der Waals surface area contributed by atoms with Crippen molar-refractivity contribution in [2.45, 2.75) is 13.8 Å². The van der Waals surface area contributed by atoms with Crippen LogP contribution in [0.1, 0.15) is 25.0 Å². The number of amides is 6. The van der Waals surface area contributed by atoms with Gasteiger partial charge in [-0.3, -0.25) is 39.3 Å². The Bertz CT molecular complexity index is 2230. The van der Waals surface area contributed by atoms with Gasteiger partial charge in [-0.1, -0.05) is 24.3 Å². The topological polar surface area (TPSA) is 213 Å². The maximum atomic E-state index is 13.5. The highest BCUT2D eigenvalue weighted by molar-refractivity contribution is 6.37. The Morgan fingerprint density at radius 1 is 0.857 bits per heavy atom. The average Bonchev–Trinajstić information content (AvgIpc) is 3.03. The minimum atomic E-state index is -0.988. The monoisotopic (exact) mass is 661 g/mol. The zero-order valence-electron chi connectivity index (χ0n) is 25.9. The zero-order valence-corrected chi connectivity index (χ0v) is 25.9. The summed E-state index contributed by atoms with van der Waals surface area (Å²) in [5, 5.41) is 18.4. The van der Waals surface area contributed by atoms with Gasteiger partial charge in [-0.05, 0) is 71.8 Å². The van der Waals surface area contributed by atoms with Gasteiger partial charge >= 0.3 is 11.7 Å². The van der Waals surface area contributed by atoms with E-state index in [0.29, 0.717) is 22.5 Å². The first-order valence-electron chi connectivity index (χ1n) is 14.5. The summed E-state index contributed by atoms with van der Waals surface area (Å²) in [7, 11) is 0. The van der Waals surface area contributed by atoms with Crippen LogP contribution < -0.4 is 32.1 Å². The molecule has 5 N–H and O–H groups in total. The highest BCUT2D eigenvalue weighted by Gasteiger charge is 2.36. The number of carbonyl (C=O) groups excluding carboxylic acids is 5. The summed E-state index contributed by atoms with van der Waals surface area (Å²) in [4.78, 5) is 94.5. The van der Waals surface area contributed by atoms with Gasteiger partial charge in [0.1, 0.15) is 11.1 Å². The van der Waals surface area contributed by atoms with Gasteiger partial charge in [0, 0.05) is 37.6 Å². The van der Waals surface area contributed by atoms with Crippen molar-refractivity contribution in [1.29, 1.82) is 0 Å². The molecule has 0 spiro atoms. The lowest BCUT2D eigenvalue weighted by molar-refractivity contribution is -0.123. The number of aromatic nitrogens is 3. The summed E-state index contributed by atoms with van der Waals surface area (Å²) >= 11 is 0. The van der Waals surface area contributed by atoms with Crippen LogP contribution in [0, 0.1) is 0 Å². The number of allylic oxidation sites excluding steroid dienone is 4. The van der Waals surface area contributed by atoms with Gasteiger partial charge in [-0.25, -0.2) is 19.1 Å². The number of H-pyrrole nitrogens is 1. The van der Waals surface area contributed by atoms with Gasteiger partial charge < -0.3 is 15.7 Å². The maximum Gasteiger partial charge on any atom is 0.335 e. The third-order valence-electron chi connectivity index (χ3n) is 6.94. The van der Waals surface area contributed by atoms with Gasteiger partial charge in [0.2, 0.25) is 17.7 Å². The van der Waals surface area contributed by atoms with Crippen LogP contribution in [0.25, 0.3) is 17.3 Å². The first-order valence-corrected chi connectivity index (χ1v) is 14.5. The van der Waals surface area contributed by atoms with E-state index in [2.05, 4.69) is 25.9 Å².